The van der Waals surface area contributed by atoms with Crippen molar-refractivity contribution in [3.05, 3.63) is 6.92 Å². The maximum absolute atomic E-state index is 10.5. The van der Waals surface area contributed by atoms with Crippen molar-refractivity contribution in [3.8, 4) is 0 Å². The Kier molecular flexibility index (Phi) is 2.92. The molecule has 2 heteroatoms. The summed E-state index contributed by atoms with van der Waals surface area (Å²) in [5.41, 5.74) is 0. The molecule has 0 heterocycles. The smallest absolute Gasteiger partial charge is 0.306 e. The van der Waals surface area contributed by atoms with Gasteiger partial charge in [-0.1, -0.05) is 19.3 Å². The number of carbonyl (C=O) groups is 1. The lowest BCUT2D eigenvalue weighted by Crippen LogP contribution is -2.22. The first-order valence-corrected chi connectivity index (χ1v) is 4.27. The fourth-order valence-electron chi connectivity index (χ4n) is 1.74. The zero-order valence-corrected chi connectivity index (χ0v) is 6.75. The predicted molar refractivity (Wildman–Crippen MR) is 43.1 cm³/mol. The maximum atomic E-state index is 10.5. The highest BCUT2D eigenvalue weighted by Gasteiger charge is 2.24. The van der Waals surface area contributed by atoms with E-state index >= 15 is 0 Å². The SMILES string of the molecule is [CH2]C(C(=O)O)C1CCCCC1. The summed E-state index contributed by atoms with van der Waals surface area (Å²) in [7, 11) is 0. The zero-order valence-electron chi connectivity index (χ0n) is 6.75. The fraction of sp³-hybridized carbons (Fsp3) is 0.778. The lowest BCUT2D eigenvalue weighted by Gasteiger charge is -2.24. The zero-order chi connectivity index (χ0) is 8.27. The third kappa shape index (κ3) is 2.21. The van der Waals surface area contributed by atoms with Crippen LogP contribution in [0, 0.1) is 18.8 Å². The van der Waals surface area contributed by atoms with E-state index in [-0.39, 0.29) is 5.92 Å². The number of carboxylic acid groups (broad SMARTS) is 1. The van der Waals surface area contributed by atoms with E-state index in [1.165, 1.54) is 19.3 Å². The molecule has 1 saturated carbocycles. The van der Waals surface area contributed by atoms with E-state index in [9.17, 15) is 4.79 Å². The number of hydrogen-bond acceptors (Lipinski definition) is 1. The van der Waals surface area contributed by atoms with Gasteiger partial charge in [-0.15, -0.1) is 0 Å². The molecule has 0 spiro atoms. The average molecular weight is 155 g/mol. The van der Waals surface area contributed by atoms with Gasteiger partial charge < -0.3 is 5.11 Å². The second-order valence-electron chi connectivity index (χ2n) is 3.34. The van der Waals surface area contributed by atoms with Gasteiger partial charge in [0.05, 0.1) is 5.92 Å². The van der Waals surface area contributed by atoms with Crippen molar-refractivity contribution in [2.24, 2.45) is 11.8 Å². The summed E-state index contributed by atoms with van der Waals surface area (Å²) in [4.78, 5) is 10.5. The summed E-state index contributed by atoms with van der Waals surface area (Å²) in [5, 5.41) is 8.67. The Morgan fingerprint density at radius 3 is 2.36 bits per heavy atom. The molecule has 1 atom stereocenters. The highest BCUT2D eigenvalue weighted by Crippen LogP contribution is 2.29. The van der Waals surface area contributed by atoms with Gasteiger partial charge in [0.15, 0.2) is 0 Å². The first-order valence-electron chi connectivity index (χ1n) is 4.27. The van der Waals surface area contributed by atoms with Crippen molar-refractivity contribution in [2.45, 2.75) is 32.1 Å². The van der Waals surface area contributed by atoms with Gasteiger partial charge in [0.1, 0.15) is 0 Å². The van der Waals surface area contributed by atoms with E-state index in [1.54, 1.807) is 0 Å². The fourth-order valence-corrected chi connectivity index (χ4v) is 1.74. The van der Waals surface area contributed by atoms with Crippen LogP contribution in [0.15, 0.2) is 0 Å². The van der Waals surface area contributed by atoms with Gasteiger partial charge in [0, 0.05) is 0 Å². The Labute approximate surface area is 67.6 Å². The van der Waals surface area contributed by atoms with Crippen LogP contribution in [0.1, 0.15) is 32.1 Å². The molecule has 1 radical (unpaired) electrons. The van der Waals surface area contributed by atoms with Gasteiger partial charge >= 0.3 is 5.97 Å². The Morgan fingerprint density at radius 1 is 1.36 bits per heavy atom. The number of hydrogen-bond donors (Lipinski definition) is 1. The lowest BCUT2D eigenvalue weighted by molar-refractivity contribution is -0.142. The summed E-state index contributed by atoms with van der Waals surface area (Å²) >= 11 is 0. The molecular formula is C9H15O2. The summed E-state index contributed by atoms with van der Waals surface area (Å²) in [5.74, 6) is -0.784. The van der Waals surface area contributed by atoms with Crippen molar-refractivity contribution < 1.29 is 9.90 Å². The molecule has 1 rings (SSSR count). The van der Waals surface area contributed by atoms with Crippen LogP contribution in [0.4, 0.5) is 0 Å². The van der Waals surface area contributed by atoms with Gasteiger partial charge in [-0.25, -0.2) is 0 Å². The molecule has 1 N–H and O–H groups in total. The molecule has 2 nitrogen and oxygen atoms in total. The molecule has 63 valence electrons. The highest BCUT2D eigenvalue weighted by molar-refractivity contribution is 5.71. The molecule has 0 saturated heterocycles. The predicted octanol–water partition coefficient (Wildman–Crippen LogP) is 2.10. The molecule has 0 aromatic rings. The van der Waals surface area contributed by atoms with Crippen molar-refractivity contribution in [2.75, 3.05) is 0 Å². The van der Waals surface area contributed by atoms with Gasteiger partial charge in [-0.05, 0) is 25.7 Å². The standard InChI is InChI=1S/C9H15O2/c1-7(9(10)11)8-5-3-2-4-6-8/h7-8H,1-6H2,(H,10,11). The summed E-state index contributed by atoms with van der Waals surface area (Å²) in [6.45, 7) is 3.66. The van der Waals surface area contributed by atoms with Crippen LogP contribution in [-0.4, -0.2) is 11.1 Å². The van der Waals surface area contributed by atoms with Crippen LogP contribution in [0.2, 0.25) is 0 Å². The van der Waals surface area contributed by atoms with Gasteiger partial charge in [0.2, 0.25) is 0 Å². The minimum absolute atomic E-state index is 0.334. The molecular weight excluding hydrogens is 140 g/mol. The normalized spacial score (nSPS) is 23.0. The molecule has 0 bridgehead atoms. The Balaban J connectivity index is 2.38. The van der Waals surface area contributed by atoms with E-state index in [0.29, 0.717) is 5.92 Å². The highest BCUT2D eigenvalue weighted by atomic mass is 16.4. The number of aliphatic carboxylic acids is 1. The molecule has 0 amide bonds. The van der Waals surface area contributed by atoms with Gasteiger partial charge in [-0.2, -0.15) is 0 Å². The largest absolute Gasteiger partial charge is 0.481 e. The topological polar surface area (TPSA) is 37.3 Å². The van der Waals surface area contributed by atoms with Crippen LogP contribution in [0.3, 0.4) is 0 Å². The van der Waals surface area contributed by atoms with Crippen LogP contribution < -0.4 is 0 Å². The van der Waals surface area contributed by atoms with Crippen LogP contribution in [0.25, 0.3) is 0 Å². The quantitative estimate of drug-likeness (QED) is 0.663. The molecule has 0 aromatic carbocycles. The summed E-state index contributed by atoms with van der Waals surface area (Å²) in [6, 6.07) is 0. The number of rotatable bonds is 2. The maximum Gasteiger partial charge on any atom is 0.306 e. The molecule has 1 aliphatic rings. The minimum atomic E-state index is -0.739. The molecule has 1 unspecified atom stereocenters. The molecule has 1 fully saturated rings. The van der Waals surface area contributed by atoms with Crippen LogP contribution >= 0.6 is 0 Å². The Morgan fingerprint density at radius 2 is 1.91 bits per heavy atom. The third-order valence-electron chi connectivity index (χ3n) is 2.54. The Bertz CT molecular complexity index is 136. The van der Waals surface area contributed by atoms with Gasteiger partial charge in [-0.3, -0.25) is 4.79 Å². The Hall–Kier alpha value is -0.530. The van der Waals surface area contributed by atoms with E-state index in [1.807, 2.05) is 0 Å². The second kappa shape index (κ2) is 3.74. The lowest BCUT2D eigenvalue weighted by atomic mass is 9.81. The first kappa shape index (κ1) is 8.57. The summed E-state index contributed by atoms with van der Waals surface area (Å²) in [6.07, 6.45) is 5.75. The first-order chi connectivity index (χ1) is 5.22. The molecule has 1 aliphatic carbocycles. The van der Waals surface area contributed by atoms with E-state index in [4.69, 9.17) is 5.11 Å². The molecule has 11 heavy (non-hydrogen) atoms. The summed E-state index contributed by atoms with van der Waals surface area (Å²) < 4.78 is 0. The van der Waals surface area contributed by atoms with Crippen LogP contribution in [0.5, 0.6) is 0 Å². The second-order valence-corrected chi connectivity index (χ2v) is 3.34. The molecule has 0 aromatic heterocycles. The number of carboxylic acids is 1. The van der Waals surface area contributed by atoms with E-state index < -0.39 is 5.97 Å². The van der Waals surface area contributed by atoms with E-state index in [2.05, 4.69) is 6.92 Å². The minimum Gasteiger partial charge on any atom is -0.481 e. The van der Waals surface area contributed by atoms with Crippen molar-refractivity contribution in [3.63, 3.8) is 0 Å². The monoisotopic (exact) mass is 155 g/mol. The van der Waals surface area contributed by atoms with Crippen LogP contribution in [-0.2, 0) is 4.79 Å². The molecule has 0 aliphatic heterocycles. The van der Waals surface area contributed by atoms with Crippen molar-refractivity contribution in [1.82, 2.24) is 0 Å². The van der Waals surface area contributed by atoms with Crippen molar-refractivity contribution in [1.29, 1.82) is 0 Å². The van der Waals surface area contributed by atoms with Gasteiger partial charge in [0.25, 0.3) is 0 Å². The van der Waals surface area contributed by atoms with Crippen molar-refractivity contribution >= 4 is 5.97 Å². The average Bonchev–Trinajstić information content (AvgIpc) is 2.05. The third-order valence-corrected chi connectivity index (χ3v) is 2.54. The van der Waals surface area contributed by atoms with E-state index in [0.717, 1.165) is 12.8 Å².